The van der Waals surface area contributed by atoms with Gasteiger partial charge in [-0.1, -0.05) is 30.3 Å². The van der Waals surface area contributed by atoms with Crippen molar-refractivity contribution in [1.29, 1.82) is 0 Å². The number of amides is 1. The lowest BCUT2D eigenvalue weighted by molar-refractivity contribution is -0.122. The van der Waals surface area contributed by atoms with Crippen LogP contribution in [0.15, 0.2) is 42.7 Å². The second-order valence-corrected chi connectivity index (χ2v) is 6.17. The number of likely N-dealkylation sites (tertiary alicyclic amines) is 1. The maximum atomic E-state index is 12.0. The number of piperidine rings is 1. The van der Waals surface area contributed by atoms with Crippen LogP contribution < -0.4 is 5.32 Å². The van der Waals surface area contributed by atoms with Gasteiger partial charge in [0.05, 0.1) is 12.7 Å². The van der Waals surface area contributed by atoms with Crippen molar-refractivity contribution in [3.8, 4) is 0 Å². The van der Waals surface area contributed by atoms with E-state index >= 15 is 0 Å². The van der Waals surface area contributed by atoms with E-state index in [0.29, 0.717) is 19.0 Å². The summed E-state index contributed by atoms with van der Waals surface area (Å²) >= 11 is 0. The second kappa shape index (κ2) is 7.92. The minimum atomic E-state index is 0.117. The Morgan fingerprint density at radius 2 is 2.04 bits per heavy atom. The summed E-state index contributed by atoms with van der Waals surface area (Å²) in [5.74, 6) is 0.753. The van der Waals surface area contributed by atoms with Gasteiger partial charge >= 0.3 is 0 Å². The van der Waals surface area contributed by atoms with Gasteiger partial charge in [-0.05, 0) is 49.4 Å². The predicted molar refractivity (Wildman–Crippen MR) is 90.2 cm³/mol. The summed E-state index contributed by atoms with van der Waals surface area (Å²) in [6.07, 6.45) is 6.73. The fourth-order valence-corrected chi connectivity index (χ4v) is 3.17. The molecule has 2 heterocycles. The lowest BCUT2D eigenvalue weighted by Crippen LogP contribution is -2.41. The van der Waals surface area contributed by atoms with Crippen molar-refractivity contribution in [2.24, 2.45) is 0 Å². The summed E-state index contributed by atoms with van der Waals surface area (Å²) in [6.45, 7) is 3.16. The van der Waals surface area contributed by atoms with Crippen LogP contribution in [0.25, 0.3) is 0 Å². The van der Waals surface area contributed by atoms with E-state index in [2.05, 4.69) is 50.7 Å². The SMILES string of the molecule is O=C(CN1CCC(c2ccccc2)CC1)NCCc1cn[nH]c1. The molecule has 0 atom stereocenters. The number of aromatic amines is 1. The molecule has 1 aliphatic heterocycles. The average molecular weight is 312 g/mol. The van der Waals surface area contributed by atoms with E-state index in [9.17, 15) is 4.79 Å². The van der Waals surface area contributed by atoms with Crippen LogP contribution in [-0.2, 0) is 11.2 Å². The smallest absolute Gasteiger partial charge is 0.234 e. The molecule has 5 heteroatoms. The quantitative estimate of drug-likeness (QED) is 0.857. The van der Waals surface area contributed by atoms with Crippen LogP contribution in [0.2, 0.25) is 0 Å². The third-order valence-corrected chi connectivity index (χ3v) is 4.52. The zero-order chi connectivity index (χ0) is 15.9. The van der Waals surface area contributed by atoms with Crippen molar-refractivity contribution in [2.75, 3.05) is 26.2 Å². The van der Waals surface area contributed by atoms with Crippen molar-refractivity contribution in [3.05, 3.63) is 53.9 Å². The van der Waals surface area contributed by atoms with Gasteiger partial charge in [-0.2, -0.15) is 5.10 Å². The Morgan fingerprint density at radius 3 is 2.74 bits per heavy atom. The molecule has 2 aromatic rings. The Kier molecular flexibility index (Phi) is 5.42. The van der Waals surface area contributed by atoms with Crippen LogP contribution >= 0.6 is 0 Å². The van der Waals surface area contributed by atoms with Gasteiger partial charge in [-0.15, -0.1) is 0 Å². The van der Waals surface area contributed by atoms with E-state index in [1.54, 1.807) is 6.20 Å². The summed E-state index contributed by atoms with van der Waals surface area (Å²) < 4.78 is 0. The molecule has 1 aromatic carbocycles. The normalized spacial score (nSPS) is 16.3. The van der Waals surface area contributed by atoms with Crippen molar-refractivity contribution in [3.63, 3.8) is 0 Å². The molecular weight excluding hydrogens is 288 g/mol. The number of hydrogen-bond acceptors (Lipinski definition) is 3. The first kappa shape index (κ1) is 15.7. The molecule has 0 radical (unpaired) electrons. The molecule has 122 valence electrons. The van der Waals surface area contributed by atoms with Gasteiger partial charge in [0, 0.05) is 12.7 Å². The van der Waals surface area contributed by atoms with Crippen LogP contribution in [-0.4, -0.2) is 47.2 Å². The molecule has 5 nitrogen and oxygen atoms in total. The minimum Gasteiger partial charge on any atom is -0.355 e. The first-order chi connectivity index (χ1) is 11.3. The molecule has 23 heavy (non-hydrogen) atoms. The van der Waals surface area contributed by atoms with Gasteiger partial charge in [0.2, 0.25) is 5.91 Å². The summed E-state index contributed by atoms with van der Waals surface area (Å²) in [5, 5.41) is 9.67. The molecular formula is C18H24N4O. The van der Waals surface area contributed by atoms with Crippen LogP contribution in [0.4, 0.5) is 0 Å². The van der Waals surface area contributed by atoms with E-state index in [1.165, 1.54) is 5.56 Å². The third-order valence-electron chi connectivity index (χ3n) is 4.52. The molecule has 1 saturated heterocycles. The first-order valence-corrected chi connectivity index (χ1v) is 8.33. The Balaban J connectivity index is 1.36. The lowest BCUT2D eigenvalue weighted by atomic mass is 9.89. The monoisotopic (exact) mass is 312 g/mol. The Labute approximate surface area is 137 Å². The van der Waals surface area contributed by atoms with Crippen LogP contribution in [0.3, 0.4) is 0 Å². The summed E-state index contributed by atoms with van der Waals surface area (Å²) in [4.78, 5) is 14.3. The average Bonchev–Trinajstić information content (AvgIpc) is 3.10. The Bertz CT molecular complexity index is 589. The molecule has 0 spiro atoms. The van der Waals surface area contributed by atoms with Gasteiger partial charge in [-0.3, -0.25) is 14.8 Å². The molecule has 3 rings (SSSR count). The number of rotatable bonds is 6. The highest BCUT2D eigenvalue weighted by Gasteiger charge is 2.21. The minimum absolute atomic E-state index is 0.117. The number of carbonyl (C=O) groups excluding carboxylic acids is 1. The van der Waals surface area contributed by atoms with Crippen molar-refractivity contribution in [2.45, 2.75) is 25.2 Å². The molecule has 1 amide bonds. The maximum Gasteiger partial charge on any atom is 0.234 e. The van der Waals surface area contributed by atoms with Crippen LogP contribution in [0.5, 0.6) is 0 Å². The number of aromatic nitrogens is 2. The number of hydrogen-bond donors (Lipinski definition) is 2. The number of nitrogens with zero attached hydrogens (tertiary/aromatic N) is 2. The lowest BCUT2D eigenvalue weighted by Gasteiger charge is -2.31. The van der Waals surface area contributed by atoms with Gasteiger partial charge in [0.15, 0.2) is 0 Å². The summed E-state index contributed by atoms with van der Waals surface area (Å²) in [5.41, 5.74) is 2.55. The molecule has 2 N–H and O–H groups in total. The zero-order valence-corrected chi connectivity index (χ0v) is 13.4. The van der Waals surface area contributed by atoms with Gasteiger partial charge in [0.25, 0.3) is 0 Å². The van der Waals surface area contributed by atoms with E-state index in [0.717, 1.165) is 37.9 Å². The Hall–Kier alpha value is -2.14. The molecule has 0 aliphatic carbocycles. The topological polar surface area (TPSA) is 61.0 Å². The van der Waals surface area contributed by atoms with Crippen LogP contribution in [0.1, 0.15) is 29.9 Å². The fraction of sp³-hybridized carbons (Fsp3) is 0.444. The van der Waals surface area contributed by atoms with Crippen molar-refractivity contribution >= 4 is 5.91 Å². The standard InChI is InChI=1S/C18H24N4O/c23-18(19-9-6-15-12-20-21-13-15)14-22-10-7-17(8-11-22)16-4-2-1-3-5-16/h1-5,12-13,17H,6-11,14H2,(H,19,23)(H,20,21). The zero-order valence-electron chi connectivity index (χ0n) is 13.4. The van der Waals surface area contributed by atoms with E-state index in [4.69, 9.17) is 0 Å². The maximum absolute atomic E-state index is 12.0. The number of carbonyl (C=O) groups is 1. The van der Waals surface area contributed by atoms with Crippen LogP contribution in [0, 0.1) is 0 Å². The molecule has 1 aliphatic rings. The summed E-state index contributed by atoms with van der Waals surface area (Å²) in [7, 11) is 0. The number of H-pyrrole nitrogens is 1. The predicted octanol–water partition coefficient (Wildman–Crippen LogP) is 1.95. The first-order valence-electron chi connectivity index (χ1n) is 8.33. The molecule has 0 saturated carbocycles. The van der Waals surface area contributed by atoms with E-state index in [1.807, 2.05) is 6.20 Å². The highest BCUT2D eigenvalue weighted by molar-refractivity contribution is 5.78. The highest BCUT2D eigenvalue weighted by atomic mass is 16.2. The van der Waals surface area contributed by atoms with E-state index in [-0.39, 0.29) is 5.91 Å². The van der Waals surface area contributed by atoms with Crippen molar-refractivity contribution in [1.82, 2.24) is 20.4 Å². The molecule has 0 unspecified atom stereocenters. The Morgan fingerprint density at radius 1 is 1.26 bits per heavy atom. The van der Waals surface area contributed by atoms with Gasteiger partial charge in [0.1, 0.15) is 0 Å². The third kappa shape index (κ3) is 4.66. The van der Waals surface area contributed by atoms with Crippen molar-refractivity contribution < 1.29 is 4.79 Å². The highest BCUT2D eigenvalue weighted by Crippen LogP contribution is 2.27. The van der Waals surface area contributed by atoms with Gasteiger partial charge < -0.3 is 5.32 Å². The van der Waals surface area contributed by atoms with E-state index < -0.39 is 0 Å². The number of nitrogens with one attached hydrogen (secondary N) is 2. The largest absolute Gasteiger partial charge is 0.355 e. The summed E-state index contributed by atoms with van der Waals surface area (Å²) in [6, 6.07) is 10.7. The fourth-order valence-electron chi connectivity index (χ4n) is 3.17. The molecule has 0 bridgehead atoms. The molecule has 1 aromatic heterocycles. The van der Waals surface area contributed by atoms with Gasteiger partial charge in [-0.25, -0.2) is 0 Å². The number of benzene rings is 1. The molecule has 1 fully saturated rings. The second-order valence-electron chi connectivity index (χ2n) is 6.17.